The van der Waals surface area contributed by atoms with Gasteiger partial charge in [-0.3, -0.25) is 4.79 Å². The molecule has 116 valence electrons. The molecule has 0 spiro atoms. The van der Waals surface area contributed by atoms with Gasteiger partial charge in [0.25, 0.3) is 0 Å². The molecule has 0 aliphatic carbocycles. The van der Waals surface area contributed by atoms with Crippen LogP contribution in [0.5, 0.6) is 0 Å². The molecule has 1 aliphatic rings. The van der Waals surface area contributed by atoms with E-state index in [0.717, 1.165) is 0 Å². The fourth-order valence-electron chi connectivity index (χ4n) is 2.35. The van der Waals surface area contributed by atoms with Crippen molar-refractivity contribution < 1.29 is 17.9 Å². The highest BCUT2D eigenvalue weighted by Gasteiger charge is 2.40. The van der Waals surface area contributed by atoms with Crippen LogP contribution in [0.15, 0.2) is 27.6 Å². The Bertz CT molecular complexity index is 648. The van der Waals surface area contributed by atoms with Gasteiger partial charge >= 0.3 is 5.97 Å². The number of carbonyl (C=O) groups is 1. The Labute approximate surface area is 132 Å². The molecule has 21 heavy (non-hydrogen) atoms. The molecular weight excluding hydrogens is 360 g/mol. The predicted octanol–water partition coefficient (Wildman–Crippen LogP) is 1.75. The number of nitrogens with zero attached hydrogens (tertiary/aromatic N) is 1. The Morgan fingerprint density at radius 3 is 2.86 bits per heavy atom. The van der Waals surface area contributed by atoms with E-state index in [0.29, 0.717) is 29.5 Å². The third-order valence-corrected chi connectivity index (χ3v) is 6.19. The summed E-state index contributed by atoms with van der Waals surface area (Å²) in [6, 6.07) is 3.74. The van der Waals surface area contributed by atoms with Crippen molar-refractivity contribution in [2.24, 2.45) is 0 Å². The van der Waals surface area contributed by atoms with Gasteiger partial charge in [0.1, 0.15) is 6.04 Å². The van der Waals surface area contributed by atoms with E-state index in [2.05, 4.69) is 15.9 Å². The third-order valence-electron chi connectivity index (χ3n) is 3.30. The lowest BCUT2D eigenvalue weighted by Crippen LogP contribution is -2.41. The third kappa shape index (κ3) is 3.22. The van der Waals surface area contributed by atoms with E-state index in [1.165, 1.54) is 22.5 Å². The van der Waals surface area contributed by atoms with Gasteiger partial charge in [0.15, 0.2) is 0 Å². The summed E-state index contributed by atoms with van der Waals surface area (Å²) in [5.74, 6) is -0.495. The molecule has 1 heterocycles. The summed E-state index contributed by atoms with van der Waals surface area (Å²) in [5, 5.41) is 0. The minimum atomic E-state index is -3.77. The van der Waals surface area contributed by atoms with Gasteiger partial charge in [0.2, 0.25) is 10.0 Å². The molecule has 0 saturated carbocycles. The van der Waals surface area contributed by atoms with Crippen LogP contribution in [0, 0.1) is 0 Å². The average molecular weight is 377 g/mol. The number of anilines is 1. The first-order chi connectivity index (χ1) is 9.87. The Morgan fingerprint density at radius 1 is 1.52 bits per heavy atom. The minimum absolute atomic E-state index is 0.105. The monoisotopic (exact) mass is 376 g/mol. The highest BCUT2D eigenvalue weighted by molar-refractivity contribution is 9.10. The summed E-state index contributed by atoms with van der Waals surface area (Å²) in [6.07, 6.45) is 1.11. The van der Waals surface area contributed by atoms with Crippen LogP contribution in [0.25, 0.3) is 0 Å². The number of ether oxygens (including phenoxy) is 1. The molecule has 6 nitrogen and oxygen atoms in total. The van der Waals surface area contributed by atoms with E-state index < -0.39 is 22.0 Å². The topological polar surface area (TPSA) is 89.7 Å². The number of carbonyl (C=O) groups excluding carboxylic acids is 1. The second kappa shape index (κ2) is 6.33. The highest BCUT2D eigenvalue weighted by atomic mass is 79.9. The van der Waals surface area contributed by atoms with Crippen molar-refractivity contribution in [3.63, 3.8) is 0 Å². The van der Waals surface area contributed by atoms with Gasteiger partial charge < -0.3 is 10.5 Å². The van der Waals surface area contributed by atoms with Gasteiger partial charge in [-0.15, -0.1) is 0 Å². The fraction of sp³-hybridized carbons (Fsp3) is 0.462. The zero-order valence-electron chi connectivity index (χ0n) is 11.6. The molecule has 1 unspecified atom stereocenters. The molecule has 0 bridgehead atoms. The number of esters is 1. The first-order valence-corrected chi connectivity index (χ1v) is 8.84. The molecule has 1 aromatic carbocycles. The molecule has 1 aromatic rings. The first kappa shape index (κ1) is 16.3. The standard InChI is InChI=1S/C13H17BrN2O4S/c1-2-20-13(17)11-4-3-7-16(11)21(18,19)12-6-5-9(15)8-10(12)14/h5-6,8,11H,2-4,7,15H2,1H3. The number of nitrogens with two attached hydrogens (primary N) is 1. The SMILES string of the molecule is CCOC(=O)C1CCCN1S(=O)(=O)c1ccc(N)cc1Br. The molecule has 1 aliphatic heterocycles. The quantitative estimate of drug-likeness (QED) is 0.638. The second-order valence-electron chi connectivity index (χ2n) is 4.72. The van der Waals surface area contributed by atoms with E-state index in [4.69, 9.17) is 10.5 Å². The Kier molecular flexibility index (Phi) is 4.90. The summed E-state index contributed by atoms with van der Waals surface area (Å²) in [7, 11) is -3.77. The van der Waals surface area contributed by atoms with Gasteiger partial charge in [-0.1, -0.05) is 0 Å². The molecule has 0 aromatic heterocycles. The van der Waals surface area contributed by atoms with Crippen molar-refractivity contribution in [3.05, 3.63) is 22.7 Å². The summed E-state index contributed by atoms with van der Waals surface area (Å²) >= 11 is 3.22. The number of nitrogen functional groups attached to an aromatic ring is 1. The van der Waals surface area contributed by atoms with Gasteiger partial charge in [0.05, 0.1) is 11.5 Å². The Morgan fingerprint density at radius 2 is 2.24 bits per heavy atom. The van der Waals surface area contributed by atoms with Crippen LogP contribution in [0.4, 0.5) is 5.69 Å². The number of benzene rings is 1. The van der Waals surface area contributed by atoms with Crippen LogP contribution in [0.2, 0.25) is 0 Å². The zero-order valence-corrected chi connectivity index (χ0v) is 14.0. The number of rotatable bonds is 4. The van der Waals surface area contributed by atoms with Gasteiger partial charge in [-0.05, 0) is 53.9 Å². The normalized spacial score (nSPS) is 19.6. The van der Waals surface area contributed by atoms with Gasteiger partial charge in [-0.25, -0.2) is 8.42 Å². The lowest BCUT2D eigenvalue weighted by atomic mass is 10.2. The van der Waals surface area contributed by atoms with Crippen molar-refractivity contribution in [2.75, 3.05) is 18.9 Å². The zero-order chi connectivity index (χ0) is 15.6. The second-order valence-corrected chi connectivity index (χ2v) is 7.43. The van der Waals surface area contributed by atoms with Crippen LogP contribution in [0.1, 0.15) is 19.8 Å². The minimum Gasteiger partial charge on any atom is -0.465 e. The van der Waals surface area contributed by atoms with Crippen LogP contribution in [-0.2, 0) is 19.6 Å². The maximum Gasteiger partial charge on any atom is 0.324 e. The molecule has 8 heteroatoms. The number of halogens is 1. The summed E-state index contributed by atoms with van der Waals surface area (Å²) in [6.45, 7) is 2.24. The van der Waals surface area contributed by atoms with E-state index >= 15 is 0 Å². The van der Waals surface area contributed by atoms with E-state index in [1.807, 2.05) is 0 Å². The highest BCUT2D eigenvalue weighted by Crippen LogP contribution is 2.31. The Balaban J connectivity index is 2.36. The largest absolute Gasteiger partial charge is 0.465 e. The van der Waals surface area contributed by atoms with Crippen LogP contribution in [0.3, 0.4) is 0 Å². The molecule has 0 amide bonds. The number of sulfonamides is 1. The fourth-order valence-corrected chi connectivity index (χ4v) is 5.06. The number of hydrogen-bond acceptors (Lipinski definition) is 5. The Hall–Kier alpha value is -1.12. The molecule has 1 saturated heterocycles. The summed E-state index contributed by atoms with van der Waals surface area (Å²) in [5.41, 5.74) is 6.09. The first-order valence-electron chi connectivity index (χ1n) is 6.61. The van der Waals surface area contributed by atoms with Crippen molar-refractivity contribution in [2.45, 2.75) is 30.7 Å². The number of hydrogen-bond donors (Lipinski definition) is 1. The molecule has 2 rings (SSSR count). The van der Waals surface area contributed by atoms with Crippen molar-refractivity contribution in [1.82, 2.24) is 4.31 Å². The molecular formula is C13H17BrN2O4S. The van der Waals surface area contributed by atoms with Crippen LogP contribution in [-0.4, -0.2) is 37.9 Å². The summed E-state index contributed by atoms with van der Waals surface area (Å²) < 4.78 is 32.0. The van der Waals surface area contributed by atoms with Crippen LogP contribution < -0.4 is 5.73 Å². The predicted molar refractivity (Wildman–Crippen MR) is 82.1 cm³/mol. The lowest BCUT2D eigenvalue weighted by Gasteiger charge is -2.23. The van der Waals surface area contributed by atoms with Gasteiger partial charge in [-0.2, -0.15) is 4.31 Å². The molecule has 1 atom stereocenters. The molecule has 2 N–H and O–H groups in total. The summed E-state index contributed by atoms with van der Waals surface area (Å²) in [4.78, 5) is 12.0. The maximum atomic E-state index is 12.7. The lowest BCUT2D eigenvalue weighted by molar-refractivity contribution is -0.146. The van der Waals surface area contributed by atoms with Gasteiger partial charge in [0, 0.05) is 16.7 Å². The van der Waals surface area contributed by atoms with Crippen molar-refractivity contribution >= 4 is 37.6 Å². The van der Waals surface area contributed by atoms with Crippen molar-refractivity contribution in [1.29, 1.82) is 0 Å². The molecule has 0 radical (unpaired) electrons. The van der Waals surface area contributed by atoms with E-state index in [-0.39, 0.29) is 11.5 Å². The van der Waals surface area contributed by atoms with Crippen LogP contribution >= 0.6 is 15.9 Å². The van der Waals surface area contributed by atoms with E-state index in [9.17, 15) is 13.2 Å². The average Bonchev–Trinajstić information content (AvgIpc) is 2.88. The molecule has 1 fully saturated rings. The van der Waals surface area contributed by atoms with E-state index in [1.54, 1.807) is 6.92 Å². The smallest absolute Gasteiger partial charge is 0.324 e. The van der Waals surface area contributed by atoms with Crippen molar-refractivity contribution in [3.8, 4) is 0 Å². The maximum absolute atomic E-state index is 12.7.